The largest absolute Gasteiger partial charge is 0.354 e. The first-order valence-electron chi connectivity index (χ1n) is 12.9. The molecule has 7 nitrogen and oxygen atoms in total. The standard InChI is InChI=1S/C30H36ClN3O4S/c1-5-17-32-30(36)28(18-24-12-7-6-8-13-24)33(20-25-14-10-9-11-22(25)2)29(35)21-34(39(4,37)38)27-19-26(31)16-15-23(27)3/h6-16,19,28H,5,17-18,20-21H2,1-4H3,(H,32,36). The Bertz CT molecular complexity index is 1400. The molecule has 0 radical (unpaired) electrons. The van der Waals surface area contributed by atoms with Crippen LogP contribution in [0, 0.1) is 13.8 Å². The van der Waals surface area contributed by atoms with Crippen LogP contribution in [0.3, 0.4) is 0 Å². The third kappa shape index (κ3) is 8.31. The molecule has 0 aliphatic heterocycles. The molecule has 3 aromatic carbocycles. The van der Waals surface area contributed by atoms with Crippen molar-refractivity contribution in [2.24, 2.45) is 0 Å². The molecule has 9 heteroatoms. The Morgan fingerprint density at radius 1 is 0.949 bits per heavy atom. The van der Waals surface area contributed by atoms with Gasteiger partial charge in [-0.1, -0.05) is 79.2 Å². The number of nitrogens with zero attached hydrogens (tertiary/aromatic N) is 2. The summed E-state index contributed by atoms with van der Waals surface area (Å²) < 4.78 is 26.9. The van der Waals surface area contributed by atoms with E-state index in [4.69, 9.17) is 11.6 Å². The zero-order valence-electron chi connectivity index (χ0n) is 22.9. The van der Waals surface area contributed by atoms with Gasteiger partial charge in [-0.25, -0.2) is 8.42 Å². The summed E-state index contributed by atoms with van der Waals surface area (Å²) in [6, 6.07) is 21.2. The fraction of sp³-hybridized carbons (Fsp3) is 0.333. The molecule has 0 aliphatic rings. The fourth-order valence-corrected chi connectivity index (χ4v) is 5.40. The maximum atomic E-state index is 14.1. The summed E-state index contributed by atoms with van der Waals surface area (Å²) in [5.74, 6) is -0.775. The van der Waals surface area contributed by atoms with Gasteiger partial charge in [-0.05, 0) is 54.7 Å². The van der Waals surface area contributed by atoms with E-state index in [9.17, 15) is 18.0 Å². The molecule has 0 spiro atoms. The molecule has 2 amide bonds. The Hall–Kier alpha value is -3.36. The molecule has 3 aromatic rings. The van der Waals surface area contributed by atoms with Crippen molar-refractivity contribution in [3.63, 3.8) is 0 Å². The van der Waals surface area contributed by atoms with Crippen LogP contribution < -0.4 is 9.62 Å². The average molecular weight is 570 g/mol. The normalized spacial score (nSPS) is 12.0. The minimum atomic E-state index is -3.86. The molecule has 0 aliphatic carbocycles. The molecule has 0 fully saturated rings. The van der Waals surface area contributed by atoms with Gasteiger partial charge >= 0.3 is 0 Å². The van der Waals surface area contributed by atoms with Gasteiger partial charge in [-0.3, -0.25) is 13.9 Å². The van der Waals surface area contributed by atoms with Crippen molar-refractivity contribution in [1.29, 1.82) is 0 Å². The first-order valence-corrected chi connectivity index (χ1v) is 15.1. The highest BCUT2D eigenvalue weighted by Gasteiger charge is 2.33. The third-order valence-corrected chi connectivity index (χ3v) is 7.90. The lowest BCUT2D eigenvalue weighted by Crippen LogP contribution is -2.53. The summed E-state index contributed by atoms with van der Waals surface area (Å²) in [5.41, 5.74) is 3.71. The zero-order chi connectivity index (χ0) is 28.6. The van der Waals surface area contributed by atoms with Gasteiger partial charge < -0.3 is 10.2 Å². The molecule has 0 saturated heterocycles. The zero-order valence-corrected chi connectivity index (χ0v) is 24.4. The number of halogens is 1. The number of amides is 2. The summed E-state index contributed by atoms with van der Waals surface area (Å²) in [5, 5.41) is 3.29. The minimum Gasteiger partial charge on any atom is -0.354 e. The van der Waals surface area contributed by atoms with Crippen molar-refractivity contribution in [1.82, 2.24) is 10.2 Å². The lowest BCUT2D eigenvalue weighted by molar-refractivity contribution is -0.140. The first-order chi connectivity index (χ1) is 18.5. The van der Waals surface area contributed by atoms with Crippen molar-refractivity contribution < 1.29 is 18.0 Å². The molecular formula is C30H36ClN3O4S. The number of hydrogen-bond acceptors (Lipinski definition) is 4. The molecule has 0 saturated carbocycles. The predicted octanol–water partition coefficient (Wildman–Crippen LogP) is 4.89. The number of nitrogens with one attached hydrogen (secondary N) is 1. The van der Waals surface area contributed by atoms with Gasteiger partial charge in [-0.15, -0.1) is 0 Å². The number of sulfonamides is 1. The number of aryl methyl sites for hydroxylation is 2. The van der Waals surface area contributed by atoms with Crippen molar-refractivity contribution >= 4 is 39.1 Å². The molecule has 39 heavy (non-hydrogen) atoms. The maximum absolute atomic E-state index is 14.1. The maximum Gasteiger partial charge on any atom is 0.244 e. The van der Waals surface area contributed by atoms with Gasteiger partial charge in [0.2, 0.25) is 21.8 Å². The van der Waals surface area contributed by atoms with E-state index in [1.54, 1.807) is 19.1 Å². The summed E-state index contributed by atoms with van der Waals surface area (Å²) in [4.78, 5) is 29.1. The van der Waals surface area contributed by atoms with Gasteiger partial charge in [0.15, 0.2) is 0 Å². The summed E-state index contributed by atoms with van der Waals surface area (Å²) in [6.07, 6.45) is 2.08. The molecule has 3 rings (SSSR count). The summed E-state index contributed by atoms with van der Waals surface area (Å²) in [6.45, 7) is 5.80. The van der Waals surface area contributed by atoms with E-state index in [2.05, 4.69) is 5.32 Å². The highest BCUT2D eigenvalue weighted by molar-refractivity contribution is 7.92. The van der Waals surface area contributed by atoms with Gasteiger partial charge in [0, 0.05) is 24.5 Å². The van der Waals surface area contributed by atoms with Crippen LogP contribution in [0.5, 0.6) is 0 Å². The predicted molar refractivity (Wildman–Crippen MR) is 157 cm³/mol. The highest BCUT2D eigenvalue weighted by Crippen LogP contribution is 2.27. The fourth-order valence-electron chi connectivity index (χ4n) is 4.34. The number of benzene rings is 3. The minimum absolute atomic E-state index is 0.148. The number of carbonyl (C=O) groups is 2. The molecule has 1 atom stereocenters. The SMILES string of the molecule is CCCNC(=O)C(Cc1ccccc1)N(Cc1ccccc1C)C(=O)CN(c1cc(Cl)ccc1C)S(C)(=O)=O. The van der Waals surface area contributed by atoms with Gasteiger partial charge in [0.1, 0.15) is 12.6 Å². The topological polar surface area (TPSA) is 86.8 Å². The van der Waals surface area contributed by atoms with Crippen LogP contribution in [-0.2, 0) is 32.6 Å². The molecule has 0 bridgehead atoms. The van der Waals surface area contributed by atoms with E-state index in [1.165, 1.54) is 11.0 Å². The second-order valence-corrected chi connectivity index (χ2v) is 12.0. The molecule has 0 aromatic heterocycles. The van der Waals surface area contributed by atoms with Crippen LogP contribution >= 0.6 is 11.6 Å². The van der Waals surface area contributed by atoms with Crippen LogP contribution in [-0.4, -0.2) is 50.5 Å². The van der Waals surface area contributed by atoms with Crippen LogP contribution in [0.25, 0.3) is 0 Å². The number of rotatable bonds is 12. The lowest BCUT2D eigenvalue weighted by atomic mass is 10.0. The highest BCUT2D eigenvalue weighted by atomic mass is 35.5. The van der Waals surface area contributed by atoms with E-state index in [0.29, 0.717) is 22.8 Å². The number of hydrogen-bond donors (Lipinski definition) is 1. The number of carbonyl (C=O) groups excluding carboxylic acids is 2. The van der Waals surface area contributed by atoms with Crippen molar-refractivity contribution in [2.75, 3.05) is 23.7 Å². The number of anilines is 1. The van der Waals surface area contributed by atoms with E-state index in [1.807, 2.05) is 68.4 Å². The van der Waals surface area contributed by atoms with Crippen LogP contribution in [0.15, 0.2) is 72.8 Å². The first kappa shape index (κ1) is 30.2. The van der Waals surface area contributed by atoms with Crippen molar-refractivity contribution in [3.8, 4) is 0 Å². The molecule has 208 valence electrons. The van der Waals surface area contributed by atoms with Gasteiger partial charge in [0.25, 0.3) is 0 Å². The Labute approximate surface area is 236 Å². The van der Waals surface area contributed by atoms with Crippen LogP contribution in [0.1, 0.15) is 35.6 Å². The molecule has 0 heterocycles. The smallest absolute Gasteiger partial charge is 0.244 e. The summed E-state index contributed by atoms with van der Waals surface area (Å²) in [7, 11) is -3.86. The Morgan fingerprint density at radius 3 is 2.26 bits per heavy atom. The molecule has 1 N–H and O–H groups in total. The Morgan fingerprint density at radius 2 is 1.62 bits per heavy atom. The van der Waals surface area contributed by atoms with Crippen LogP contribution in [0.2, 0.25) is 5.02 Å². The second kappa shape index (κ2) is 13.6. The second-order valence-electron chi connectivity index (χ2n) is 9.65. The summed E-state index contributed by atoms with van der Waals surface area (Å²) >= 11 is 6.20. The lowest BCUT2D eigenvalue weighted by Gasteiger charge is -2.34. The monoisotopic (exact) mass is 569 g/mol. The Balaban J connectivity index is 2.08. The van der Waals surface area contributed by atoms with Gasteiger partial charge in [-0.2, -0.15) is 0 Å². The van der Waals surface area contributed by atoms with E-state index in [-0.39, 0.29) is 18.9 Å². The quantitative estimate of drug-likeness (QED) is 0.336. The third-order valence-electron chi connectivity index (χ3n) is 6.54. The van der Waals surface area contributed by atoms with Crippen molar-refractivity contribution in [2.45, 2.75) is 46.2 Å². The van der Waals surface area contributed by atoms with E-state index >= 15 is 0 Å². The molecular weight excluding hydrogens is 534 g/mol. The van der Waals surface area contributed by atoms with E-state index in [0.717, 1.165) is 33.7 Å². The van der Waals surface area contributed by atoms with Gasteiger partial charge in [0.05, 0.1) is 11.9 Å². The van der Waals surface area contributed by atoms with Crippen LogP contribution in [0.4, 0.5) is 5.69 Å². The van der Waals surface area contributed by atoms with E-state index < -0.39 is 28.5 Å². The molecule has 1 unspecified atom stereocenters. The average Bonchev–Trinajstić information content (AvgIpc) is 2.90. The van der Waals surface area contributed by atoms with Crippen molar-refractivity contribution in [3.05, 3.63) is 100 Å². The Kier molecular flexibility index (Phi) is 10.5.